The summed E-state index contributed by atoms with van der Waals surface area (Å²) in [6.45, 7) is 4.00. The average molecular weight is 157 g/mol. The molecular formula is C8H15NO2. The first-order chi connectivity index (χ1) is 5.11. The van der Waals surface area contributed by atoms with E-state index in [4.69, 9.17) is 0 Å². The Balaban J connectivity index is 2.54. The number of aliphatic hydroxyl groups is 1. The van der Waals surface area contributed by atoms with Gasteiger partial charge >= 0.3 is 0 Å². The highest BCUT2D eigenvalue weighted by molar-refractivity contribution is 5.77. The first kappa shape index (κ1) is 8.53. The third-order valence-electron chi connectivity index (χ3n) is 2.13. The van der Waals surface area contributed by atoms with Gasteiger partial charge in [0.15, 0.2) is 0 Å². The van der Waals surface area contributed by atoms with Crippen molar-refractivity contribution in [3.63, 3.8) is 0 Å². The minimum Gasteiger partial charge on any atom is -0.391 e. The highest BCUT2D eigenvalue weighted by Gasteiger charge is 2.28. The topological polar surface area (TPSA) is 49.3 Å². The maximum absolute atomic E-state index is 10.9. The smallest absolute Gasteiger partial charge is 0.220 e. The highest BCUT2D eigenvalue weighted by atomic mass is 16.3. The van der Waals surface area contributed by atoms with E-state index in [1.807, 2.05) is 13.8 Å². The molecule has 0 radical (unpaired) electrons. The van der Waals surface area contributed by atoms with Crippen molar-refractivity contribution in [2.24, 2.45) is 5.92 Å². The summed E-state index contributed by atoms with van der Waals surface area (Å²) in [6.07, 6.45) is 0.715. The Labute approximate surface area is 66.8 Å². The van der Waals surface area contributed by atoms with E-state index in [9.17, 15) is 9.90 Å². The molecule has 64 valence electrons. The van der Waals surface area contributed by atoms with Crippen molar-refractivity contribution in [1.29, 1.82) is 0 Å². The molecule has 1 amide bonds. The first-order valence-corrected chi connectivity index (χ1v) is 4.08. The van der Waals surface area contributed by atoms with Crippen LogP contribution in [0.15, 0.2) is 0 Å². The van der Waals surface area contributed by atoms with E-state index in [2.05, 4.69) is 5.32 Å². The molecule has 11 heavy (non-hydrogen) atoms. The van der Waals surface area contributed by atoms with Gasteiger partial charge in [-0.3, -0.25) is 4.79 Å². The van der Waals surface area contributed by atoms with Crippen LogP contribution in [0.25, 0.3) is 0 Å². The summed E-state index contributed by atoms with van der Waals surface area (Å²) in [7, 11) is 0. The van der Waals surface area contributed by atoms with Crippen molar-refractivity contribution in [3.8, 4) is 0 Å². The molecule has 2 N–H and O–H groups in total. The van der Waals surface area contributed by atoms with Crippen LogP contribution in [0.2, 0.25) is 0 Å². The lowest BCUT2D eigenvalue weighted by molar-refractivity contribution is -0.126. The van der Waals surface area contributed by atoms with Crippen molar-refractivity contribution in [3.05, 3.63) is 0 Å². The summed E-state index contributed by atoms with van der Waals surface area (Å²) in [5.74, 6) is 0.378. The van der Waals surface area contributed by atoms with E-state index in [-0.39, 0.29) is 18.1 Å². The number of carbonyl (C=O) groups excluding carboxylic acids is 1. The molecule has 2 atom stereocenters. The van der Waals surface area contributed by atoms with Crippen molar-refractivity contribution >= 4 is 5.91 Å². The molecule has 1 aliphatic rings. The van der Waals surface area contributed by atoms with Gasteiger partial charge in [-0.15, -0.1) is 0 Å². The zero-order valence-corrected chi connectivity index (χ0v) is 7.00. The van der Waals surface area contributed by atoms with Gasteiger partial charge in [0.25, 0.3) is 0 Å². The quantitative estimate of drug-likeness (QED) is 0.574. The second-order valence-corrected chi connectivity index (χ2v) is 3.44. The van der Waals surface area contributed by atoms with Gasteiger partial charge in [-0.05, 0) is 12.3 Å². The molecule has 3 nitrogen and oxygen atoms in total. The van der Waals surface area contributed by atoms with Gasteiger partial charge in [0, 0.05) is 6.42 Å². The van der Waals surface area contributed by atoms with Crippen molar-refractivity contribution in [2.75, 3.05) is 0 Å². The maximum atomic E-state index is 10.9. The fourth-order valence-corrected chi connectivity index (χ4v) is 1.42. The van der Waals surface area contributed by atoms with Gasteiger partial charge in [-0.1, -0.05) is 13.8 Å². The van der Waals surface area contributed by atoms with Gasteiger partial charge < -0.3 is 10.4 Å². The Hall–Kier alpha value is -0.570. The Kier molecular flexibility index (Phi) is 2.49. The van der Waals surface area contributed by atoms with Crippen LogP contribution in [0.5, 0.6) is 0 Å². The number of carbonyl (C=O) groups is 1. The number of hydrogen-bond acceptors (Lipinski definition) is 2. The van der Waals surface area contributed by atoms with Crippen LogP contribution in [0.3, 0.4) is 0 Å². The summed E-state index contributed by atoms with van der Waals surface area (Å²) in [5.41, 5.74) is 0. The van der Waals surface area contributed by atoms with Crippen LogP contribution < -0.4 is 5.32 Å². The van der Waals surface area contributed by atoms with E-state index in [1.54, 1.807) is 0 Å². The third-order valence-corrected chi connectivity index (χ3v) is 2.13. The number of amides is 1. The predicted octanol–water partition coefficient (Wildman–Crippen LogP) is 0.282. The van der Waals surface area contributed by atoms with Crippen LogP contribution in [-0.4, -0.2) is 23.2 Å². The molecule has 0 aromatic heterocycles. The summed E-state index contributed by atoms with van der Waals surface area (Å²) in [5, 5.41) is 12.2. The molecule has 1 heterocycles. The largest absolute Gasteiger partial charge is 0.391 e. The molecule has 0 bridgehead atoms. The fraction of sp³-hybridized carbons (Fsp3) is 0.875. The lowest BCUT2D eigenvalue weighted by Gasteiger charge is -2.31. The van der Waals surface area contributed by atoms with Crippen LogP contribution in [-0.2, 0) is 4.79 Å². The SMILES string of the molecule is CC(C)C1NC(=O)CCC1O. The number of hydrogen-bond donors (Lipinski definition) is 2. The molecule has 0 saturated carbocycles. The van der Waals surface area contributed by atoms with E-state index >= 15 is 0 Å². The van der Waals surface area contributed by atoms with E-state index in [0.29, 0.717) is 18.8 Å². The molecule has 1 fully saturated rings. The van der Waals surface area contributed by atoms with Crippen molar-refractivity contribution in [1.82, 2.24) is 5.32 Å². The Morgan fingerprint density at radius 2 is 2.27 bits per heavy atom. The Morgan fingerprint density at radius 1 is 1.64 bits per heavy atom. The summed E-state index contributed by atoms with van der Waals surface area (Å²) in [6, 6.07) is -0.0451. The Bertz CT molecular complexity index is 156. The van der Waals surface area contributed by atoms with Crippen LogP contribution in [0.4, 0.5) is 0 Å². The second-order valence-electron chi connectivity index (χ2n) is 3.44. The van der Waals surface area contributed by atoms with E-state index in [1.165, 1.54) is 0 Å². The maximum Gasteiger partial charge on any atom is 0.220 e. The molecule has 1 rings (SSSR count). The standard InChI is InChI=1S/C8H15NO2/c1-5(2)8-6(10)3-4-7(11)9-8/h5-6,8,10H,3-4H2,1-2H3,(H,9,11). The molecule has 0 aromatic carbocycles. The van der Waals surface area contributed by atoms with Crippen LogP contribution in [0.1, 0.15) is 26.7 Å². The Morgan fingerprint density at radius 3 is 2.73 bits per heavy atom. The number of aliphatic hydroxyl groups excluding tert-OH is 1. The third kappa shape index (κ3) is 1.93. The normalized spacial score (nSPS) is 32.2. The fourth-order valence-electron chi connectivity index (χ4n) is 1.42. The van der Waals surface area contributed by atoms with Gasteiger partial charge in [-0.25, -0.2) is 0 Å². The van der Waals surface area contributed by atoms with Crippen LogP contribution >= 0.6 is 0 Å². The monoisotopic (exact) mass is 157 g/mol. The van der Waals surface area contributed by atoms with Gasteiger partial charge in [-0.2, -0.15) is 0 Å². The van der Waals surface area contributed by atoms with E-state index in [0.717, 1.165) is 0 Å². The van der Waals surface area contributed by atoms with Crippen molar-refractivity contribution < 1.29 is 9.90 Å². The van der Waals surface area contributed by atoms with Gasteiger partial charge in [0.05, 0.1) is 12.1 Å². The van der Waals surface area contributed by atoms with Gasteiger partial charge in [0.2, 0.25) is 5.91 Å². The minimum atomic E-state index is -0.354. The molecule has 0 aliphatic carbocycles. The first-order valence-electron chi connectivity index (χ1n) is 4.08. The molecule has 2 unspecified atom stereocenters. The molecule has 0 spiro atoms. The van der Waals surface area contributed by atoms with Crippen LogP contribution in [0, 0.1) is 5.92 Å². The second kappa shape index (κ2) is 3.22. The lowest BCUT2D eigenvalue weighted by atomic mass is 9.92. The molecular weight excluding hydrogens is 142 g/mol. The van der Waals surface area contributed by atoms with E-state index < -0.39 is 0 Å². The minimum absolute atomic E-state index is 0.0451. The molecule has 3 heteroatoms. The average Bonchev–Trinajstić information content (AvgIpc) is 1.94. The highest BCUT2D eigenvalue weighted by Crippen LogP contribution is 2.15. The summed E-state index contributed by atoms with van der Waals surface area (Å²) in [4.78, 5) is 10.9. The van der Waals surface area contributed by atoms with Gasteiger partial charge in [0.1, 0.15) is 0 Å². The molecule has 0 aromatic rings. The number of rotatable bonds is 1. The summed E-state index contributed by atoms with van der Waals surface area (Å²) < 4.78 is 0. The summed E-state index contributed by atoms with van der Waals surface area (Å²) >= 11 is 0. The number of nitrogens with one attached hydrogen (secondary N) is 1. The lowest BCUT2D eigenvalue weighted by Crippen LogP contribution is -2.50. The molecule has 1 saturated heterocycles. The molecule has 1 aliphatic heterocycles. The zero-order chi connectivity index (χ0) is 8.43. The number of piperidine rings is 1. The van der Waals surface area contributed by atoms with Crippen molar-refractivity contribution in [2.45, 2.75) is 38.8 Å². The predicted molar refractivity (Wildman–Crippen MR) is 42.0 cm³/mol. The zero-order valence-electron chi connectivity index (χ0n) is 7.00.